The highest BCUT2D eigenvalue weighted by molar-refractivity contribution is 4.81. The summed E-state index contributed by atoms with van der Waals surface area (Å²) >= 11 is 0. The maximum atomic E-state index is 10.4. The van der Waals surface area contributed by atoms with Gasteiger partial charge in [-0.1, -0.05) is 59.8 Å². The van der Waals surface area contributed by atoms with Crippen molar-refractivity contribution in [1.29, 1.82) is 0 Å². The first-order valence-corrected chi connectivity index (χ1v) is 8.33. The molecule has 0 amide bonds. The first kappa shape index (κ1) is 18.9. The molecule has 2 atom stereocenters. The van der Waals surface area contributed by atoms with E-state index < -0.39 is 5.60 Å². The van der Waals surface area contributed by atoms with E-state index in [9.17, 15) is 5.11 Å². The summed E-state index contributed by atoms with van der Waals surface area (Å²) in [5, 5.41) is 19.3. The summed E-state index contributed by atoms with van der Waals surface area (Å²) in [6.45, 7) is 8.79. The molecule has 0 saturated heterocycles. The Morgan fingerprint density at radius 1 is 0.842 bits per heavy atom. The van der Waals surface area contributed by atoms with Crippen LogP contribution in [0, 0.1) is 11.8 Å². The summed E-state index contributed by atoms with van der Waals surface area (Å²) < 4.78 is 0. The van der Waals surface area contributed by atoms with Gasteiger partial charge in [0.25, 0.3) is 0 Å². The average molecular weight is 272 g/mol. The molecule has 0 fully saturated rings. The lowest BCUT2D eigenvalue weighted by Crippen LogP contribution is -2.34. The van der Waals surface area contributed by atoms with Crippen LogP contribution in [0.4, 0.5) is 0 Å². The van der Waals surface area contributed by atoms with Gasteiger partial charge in [0, 0.05) is 6.61 Å². The molecule has 2 unspecified atom stereocenters. The average Bonchev–Trinajstić information content (AvgIpc) is 2.44. The van der Waals surface area contributed by atoms with Gasteiger partial charge >= 0.3 is 0 Å². The third kappa shape index (κ3) is 7.94. The smallest absolute Gasteiger partial charge is 0.0668 e. The fourth-order valence-electron chi connectivity index (χ4n) is 2.78. The number of aliphatic hydroxyl groups is 2. The molecule has 2 N–H and O–H groups in total. The third-order valence-electron chi connectivity index (χ3n) is 4.79. The Morgan fingerprint density at radius 2 is 1.32 bits per heavy atom. The number of unbranched alkanes of at least 4 members (excludes halogenated alkanes) is 4. The molecule has 0 aromatic heterocycles. The first-order chi connectivity index (χ1) is 9.00. The predicted molar refractivity (Wildman–Crippen MR) is 83.3 cm³/mol. The van der Waals surface area contributed by atoms with Crippen molar-refractivity contribution in [3.05, 3.63) is 0 Å². The molecule has 0 rings (SSSR count). The molecule has 0 aromatic rings. The van der Waals surface area contributed by atoms with Crippen molar-refractivity contribution in [3.63, 3.8) is 0 Å². The monoisotopic (exact) mass is 272 g/mol. The van der Waals surface area contributed by atoms with Gasteiger partial charge in [-0.2, -0.15) is 0 Å². The van der Waals surface area contributed by atoms with Crippen molar-refractivity contribution in [1.82, 2.24) is 0 Å². The second kappa shape index (κ2) is 10.7. The number of hydrogen-bond acceptors (Lipinski definition) is 2. The zero-order valence-electron chi connectivity index (χ0n) is 13.6. The molecule has 0 aliphatic rings. The molecule has 0 aliphatic heterocycles. The van der Waals surface area contributed by atoms with E-state index in [4.69, 9.17) is 5.11 Å². The van der Waals surface area contributed by atoms with Gasteiger partial charge in [-0.15, -0.1) is 0 Å². The SMILES string of the molecule is CCC(O)(CC)C(C)CCCCCCCC(C)CO. The molecule has 116 valence electrons. The van der Waals surface area contributed by atoms with Crippen molar-refractivity contribution >= 4 is 0 Å². The molecular weight excluding hydrogens is 236 g/mol. The van der Waals surface area contributed by atoms with Crippen LogP contribution in [0.2, 0.25) is 0 Å². The van der Waals surface area contributed by atoms with E-state index in [1.54, 1.807) is 0 Å². The summed E-state index contributed by atoms with van der Waals surface area (Å²) in [5.41, 5.74) is -0.448. The molecule has 0 aliphatic carbocycles. The van der Waals surface area contributed by atoms with Crippen LogP contribution in [0.15, 0.2) is 0 Å². The van der Waals surface area contributed by atoms with E-state index in [0.29, 0.717) is 18.4 Å². The van der Waals surface area contributed by atoms with Gasteiger partial charge in [-0.3, -0.25) is 0 Å². The van der Waals surface area contributed by atoms with Crippen LogP contribution in [-0.2, 0) is 0 Å². The minimum Gasteiger partial charge on any atom is -0.396 e. The topological polar surface area (TPSA) is 40.5 Å². The van der Waals surface area contributed by atoms with Crippen LogP contribution >= 0.6 is 0 Å². The van der Waals surface area contributed by atoms with Gasteiger partial charge in [0.1, 0.15) is 0 Å². The van der Waals surface area contributed by atoms with Crippen molar-refractivity contribution in [3.8, 4) is 0 Å². The molecule has 0 heterocycles. The maximum Gasteiger partial charge on any atom is 0.0668 e. The van der Waals surface area contributed by atoms with Gasteiger partial charge in [-0.05, 0) is 37.5 Å². The summed E-state index contributed by atoms with van der Waals surface area (Å²) in [7, 11) is 0. The lowest BCUT2D eigenvalue weighted by atomic mass is 9.81. The fourth-order valence-corrected chi connectivity index (χ4v) is 2.78. The highest BCUT2D eigenvalue weighted by Crippen LogP contribution is 2.29. The molecule has 19 heavy (non-hydrogen) atoms. The van der Waals surface area contributed by atoms with Crippen molar-refractivity contribution in [2.75, 3.05) is 6.61 Å². The van der Waals surface area contributed by atoms with E-state index in [1.165, 1.54) is 32.1 Å². The Bertz CT molecular complexity index is 199. The van der Waals surface area contributed by atoms with Gasteiger partial charge in [0.2, 0.25) is 0 Å². The normalized spacial score (nSPS) is 15.5. The molecule has 0 saturated carbocycles. The van der Waals surface area contributed by atoms with Gasteiger partial charge < -0.3 is 10.2 Å². The van der Waals surface area contributed by atoms with Crippen LogP contribution in [0.3, 0.4) is 0 Å². The minimum absolute atomic E-state index is 0.324. The van der Waals surface area contributed by atoms with Crippen molar-refractivity contribution in [2.24, 2.45) is 11.8 Å². The third-order valence-corrected chi connectivity index (χ3v) is 4.79. The zero-order chi connectivity index (χ0) is 14.7. The summed E-state index contributed by atoms with van der Waals surface area (Å²) in [5.74, 6) is 0.876. The van der Waals surface area contributed by atoms with Crippen molar-refractivity contribution in [2.45, 2.75) is 91.1 Å². The summed E-state index contributed by atoms with van der Waals surface area (Å²) in [6.07, 6.45) is 10.4. The Kier molecular flexibility index (Phi) is 10.6. The molecule has 2 nitrogen and oxygen atoms in total. The Balaban J connectivity index is 3.54. The molecule has 0 spiro atoms. The summed E-state index contributed by atoms with van der Waals surface area (Å²) in [4.78, 5) is 0. The van der Waals surface area contributed by atoms with Gasteiger partial charge in [0.15, 0.2) is 0 Å². The van der Waals surface area contributed by atoms with Gasteiger partial charge in [0.05, 0.1) is 5.60 Å². The van der Waals surface area contributed by atoms with Crippen molar-refractivity contribution < 1.29 is 10.2 Å². The van der Waals surface area contributed by atoms with E-state index in [1.807, 2.05) is 0 Å². The van der Waals surface area contributed by atoms with Crippen LogP contribution in [0.25, 0.3) is 0 Å². The van der Waals surface area contributed by atoms with Crippen LogP contribution in [-0.4, -0.2) is 22.4 Å². The molecule has 0 radical (unpaired) electrons. The Hall–Kier alpha value is -0.0800. The second-order valence-electron chi connectivity index (χ2n) is 6.34. The van der Waals surface area contributed by atoms with Crippen LogP contribution < -0.4 is 0 Å². The second-order valence-corrected chi connectivity index (χ2v) is 6.34. The maximum absolute atomic E-state index is 10.4. The first-order valence-electron chi connectivity index (χ1n) is 8.33. The number of aliphatic hydroxyl groups excluding tert-OH is 1. The lowest BCUT2D eigenvalue weighted by Gasteiger charge is -2.32. The van der Waals surface area contributed by atoms with E-state index in [2.05, 4.69) is 27.7 Å². The molecule has 2 heteroatoms. The number of rotatable bonds is 12. The van der Waals surface area contributed by atoms with Gasteiger partial charge in [-0.25, -0.2) is 0 Å². The zero-order valence-corrected chi connectivity index (χ0v) is 13.6. The van der Waals surface area contributed by atoms with Crippen LogP contribution in [0.5, 0.6) is 0 Å². The van der Waals surface area contributed by atoms with E-state index in [0.717, 1.165) is 25.7 Å². The van der Waals surface area contributed by atoms with Crippen LogP contribution in [0.1, 0.15) is 85.5 Å². The Labute approximate surface area is 120 Å². The quantitative estimate of drug-likeness (QED) is 0.512. The Morgan fingerprint density at radius 3 is 1.79 bits per heavy atom. The standard InChI is InChI=1S/C17H36O2/c1-5-17(19,6-2)16(4)13-11-9-7-8-10-12-15(3)14-18/h15-16,18-19H,5-14H2,1-4H3. The summed E-state index contributed by atoms with van der Waals surface area (Å²) in [6, 6.07) is 0. The number of hydrogen-bond donors (Lipinski definition) is 2. The molecule has 0 aromatic carbocycles. The minimum atomic E-state index is -0.448. The molecular formula is C17H36O2. The fraction of sp³-hybridized carbons (Fsp3) is 1.00. The predicted octanol–water partition coefficient (Wildman–Crippen LogP) is 4.53. The lowest BCUT2D eigenvalue weighted by molar-refractivity contribution is -0.0228. The molecule has 0 bridgehead atoms. The van der Waals surface area contributed by atoms with E-state index in [-0.39, 0.29) is 0 Å². The van der Waals surface area contributed by atoms with E-state index >= 15 is 0 Å². The highest BCUT2D eigenvalue weighted by Gasteiger charge is 2.28. The largest absolute Gasteiger partial charge is 0.396 e. The highest BCUT2D eigenvalue weighted by atomic mass is 16.3.